The maximum atomic E-state index is 11.8. The Morgan fingerprint density at radius 1 is 1.10 bits per heavy atom. The number of para-hydroxylation sites is 1. The lowest BCUT2D eigenvalue weighted by Crippen LogP contribution is -2.05. The van der Waals surface area contributed by atoms with Crippen molar-refractivity contribution in [2.24, 2.45) is 0 Å². The molecule has 29 heavy (non-hydrogen) atoms. The minimum Gasteiger partial charge on any atom is -0.497 e. The highest BCUT2D eigenvalue weighted by atomic mass is 32.1. The molecule has 2 aromatic carbocycles. The maximum Gasteiger partial charge on any atom is 0.353 e. The molecule has 0 bridgehead atoms. The van der Waals surface area contributed by atoms with Gasteiger partial charge in [-0.2, -0.15) is 0 Å². The number of aromatic nitrogens is 3. The van der Waals surface area contributed by atoms with E-state index in [4.69, 9.17) is 4.74 Å². The Morgan fingerprint density at radius 3 is 2.59 bits per heavy atom. The van der Waals surface area contributed by atoms with E-state index in [0.717, 1.165) is 21.5 Å². The number of ether oxygens (including phenoxy) is 1. The van der Waals surface area contributed by atoms with Crippen molar-refractivity contribution in [2.45, 2.75) is 6.92 Å². The first kappa shape index (κ1) is 18.6. The van der Waals surface area contributed by atoms with Gasteiger partial charge in [-0.1, -0.05) is 29.5 Å². The van der Waals surface area contributed by atoms with Gasteiger partial charge in [-0.3, -0.25) is 10.1 Å². The highest BCUT2D eigenvalue weighted by Gasteiger charge is 2.24. The molecule has 0 aliphatic carbocycles. The van der Waals surface area contributed by atoms with Crippen LogP contribution in [0.15, 0.2) is 48.8 Å². The van der Waals surface area contributed by atoms with Crippen LogP contribution in [0.5, 0.6) is 5.75 Å². The van der Waals surface area contributed by atoms with Crippen LogP contribution < -0.4 is 15.4 Å². The molecule has 2 aromatic heterocycles. The van der Waals surface area contributed by atoms with Crippen molar-refractivity contribution in [3.63, 3.8) is 0 Å². The van der Waals surface area contributed by atoms with Gasteiger partial charge in [-0.25, -0.2) is 15.0 Å². The Labute approximate surface area is 169 Å². The van der Waals surface area contributed by atoms with Gasteiger partial charge in [-0.15, -0.1) is 0 Å². The molecule has 0 radical (unpaired) electrons. The van der Waals surface area contributed by atoms with Gasteiger partial charge >= 0.3 is 5.69 Å². The van der Waals surface area contributed by atoms with Crippen molar-refractivity contribution in [2.75, 3.05) is 17.7 Å². The molecule has 0 spiro atoms. The van der Waals surface area contributed by atoms with Gasteiger partial charge in [-0.05, 0) is 36.8 Å². The Hall–Kier alpha value is -3.79. The Kier molecular flexibility index (Phi) is 4.92. The second kappa shape index (κ2) is 7.68. The van der Waals surface area contributed by atoms with E-state index in [9.17, 15) is 10.1 Å². The number of fused-ring (bicyclic) bond motifs is 1. The Bertz CT molecular complexity index is 1210. The molecule has 146 valence electrons. The number of rotatable bonds is 6. The summed E-state index contributed by atoms with van der Waals surface area (Å²) in [4.78, 5) is 23.8. The molecule has 0 saturated heterocycles. The summed E-state index contributed by atoms with van der Waals surface area (Å²) in [6.45, 7) is 1.91. The van der Waals surface area contributed by atoms with Gasteiger partial charge in [0.15, 0.2) is 5.13 Å². The van der Waals surface area contributed by atoms with E-state index < -0.39 is 4.92 Å². The molecule has 0 fully saturated rings. The zero-order valence-electron chi connectivity index (χ0n) is 15.5. The van der Waals surface area contributed by atoms with Gasteiger partial charge in [0, 0.05) is 5.69 Å². The van der Waals surface area contributed by atoms with Crippen LogP contribution >= 0.6 is 11.3 Å². The topological polar surface area (TPSA) is 115 Å². The van der Waals surface area contributed by atoms with Crippen LogP contribution in [0.25, 0.3) is 10.2 Å². The zero-order valence-corrected chi connectivity index (χ0v) is 16.4. The first-order valence-corrected chi connectivity index (χ1v) is 9.40. The lowest BCUT2D eigenvalue weighted by molar-refractivity contribution is -0.383. The number of methoxy groups -OCH3 is 1. The first-order chi connectivity index (χ1) is 14.0. The molecule has 4 rings (SSSR count). The van der Waals surface area contributed by atoms with Gasteiger partial charge in [0.2, 0.25) is 11.6 Å². The third kappa shape index (κ3) is 3.78. The molecule has 0 unspecified atom stereocenters. The number of hydrogen-bond acceptors (Lipinski definition) is 9. The number of nitro groups is 1. The molecule has 0 saturated carbocycles. The highest BCUT2D eigenvalue weighted by molar-refractivity contribution is 7.22. The molecule has 2 heterocycles. The lowest BCUT2D eigenvalue weighted by atomic mass is 10.2. The van der Waals surface area contributed by atoms with Crippen molar-refractivity contribution < 1.29 is 9.66 Å². The molecular weight excluding hydrogens is 392 g/mol. The summed E-state index contributed by atoms with van der Waals surface area (Å²) in [5, 5.41) is 18.2. The monoisotopic (exact) mass is 408 g/mol. The van der Waals surface area contributed by atoms with Gasteiger partial charge in [0.1, 0.15) is 12.1 Å². The van der Waals surface area contributed by atoms with Crippen LogP contribution in [0.2, 0.25) is 0 Å². The minimum atomic E-state index is -0.515. The van der Waals surface area contributed by atoms with E-state index in [1.165, 1.54) is 17.7 Å². The summed E-state index contributed by atoms with van der Waals surface area (Å²) in [6.07, 6.45) is 1.27. The van der Waals surface area contributed by atoms with E-state index in [0.29, 0.717) is 10.9 Å². The third-order valence-electron chi connectivity index (χ3n) is 4.22. The van der Waals surface area contributed by atoms with Crippen molar-refractivity contribution in [1.29, 1.82) is 0 Å². The molecule has 0 atom stereocenters. The van der Waals surface area contributed by atoms with Gasteiger partial charge in [0.05, 0.1) is 22.2 Å². The van der Waals surface area contributed by atoms with Gasteiger partial charge in [0.25, 0.3) is 0 Å². The average molecular weight is 408 g/mol. The van der Waals surface area contributed by atoms with Crippen LogP contribution in [0.3, 0.4) is 0 Å². The standard InChI is InChI=1S/C19H16N6O3S/c1-11-5-3-4-6-13(11)22-17-16(25(26)27)18(21-10-20-17)24-19-23-14-8-7-12(28-2)9-15(14)29-19/h3-10H,1-2H3,(H2,20,21,22,23,24). The van der Waals surface area contributed by atoms with Crippen LogP contribution in [-0.2, 0) is 0 Å². The zero-order chi connectivity index (χ0) is 20.4. The Balaban J connectivity index is 1.70. The normalized spacial score (nSPS) is 10.7. The fourth-order valence-corrected chi connectivity index (χ4v) is 3.66. The van der Waals surface area contributed by atoms with Crippen LogP contribution in [0.1, 0.15) is 5.56 Å². The maximum absolute atomic E-state index is 11.8. The van der Waals surface area contributed by atoms with Crippen molar-refractivity contribution in [3.8, 4) is 5.75 Å². The number of aryl methyl sites for hydroxylation is 1. The van der Waals surface area contributed by atoms with E-state index >= 15 is 0 Å². The molecule has 4 aromatic rings. The van der Waals surface area contributed by atoms with Crippen LogP contribution in [0.4, 0.5) is 28.1 Å². The van der Waals surface area contributed by atoms with Crippen molar-refractivity contribution >= 4 is 49.7 Å². The summed E-state index contributed by atoms with van der Waals surface area (Å²) in [5.74, 6) is 0.877. The number of nitrogens with zero attached hydrogens (tertiary/aromatic N) is 4. The predicted molar refractivity (Wildman–Crippen MR) is 113 cm³/mol. The number of nitrogens with one attached hydrogen (secondary N) is 2. The van der Waals surface area contributed by atoms with Crippen LogP contribution in [-0.4, -0.2) is 27.0 Å². The SMILES string of the molecule is COc1ccc2nc(Nc3ncnc(Nc4ccccc4C)c3[N+](=O)[O-])sc2c1. The average Bonchev–Trinajstić information content (AvgIpc) is 3.11. The third-order valence-corrected chi connectivity index (χ3v) is 5.16. The van der Waals surface area contributed by atoms with Crippen molar-refractivity contribution in [1.82, 2.24) is 15.0 Å². The molecule has 10 heteroatoms. The largest absolute Gasteiger partial charge is 0.497 e. The van der Waals surface area contributed by atoms with E-state index in [2.05, 4.69) is 25.6 Å². The summed E-state index contributed by atoms with van der Waals surface area (Å²) in [6, 6.07) is 13.0. The summed E-state index contributed by atoms with van der Waals surface area (Å²) >= 11 is 1.35. The van der Waals surface area contributed by atoms with E-state index in [1.54, 1.807) is 7.11 Å². The second-order valence-electron chi connectivity index (χ2n) is 6.09. The van der Waals surface area contributed by atoms with Crippen LogP contribution in [0, 0.1) is 17.0 Å². The molecular formula is C19H16N6O3S. The van der Waals surface area contributed by atoms with E-state index in [1.807, 2.05) is 49.4 Å². The molecule has 0 aliphatic rings. The van der Waals surface area contributed by atoms with E-state index in [-0.39, 0.29) is 17.3 Å². The fraction of sp³-hybridized carbons (Fsp3) is 0.105. The van der Waals surface area contributed by atoms with Gasteiger partial charge < -0.3 is 15.4 Å². The second-order valence-corrected chi connectivity index (χ2v) is 7.12. The number of hydrogen-bond donors (Lipinski definition) is 2. The number of benzene rings is 2. The summed E-state index contributed by atoms with van der Waals surface area (Å²) in [7, 11) is 1.59. The number of anilines is 4. The first-order valence-electron chi connectivity index (χ1n) is 8.59. The molecule has 2 N–H and O–H groups in total. The fourth-order valence-electron chi connectivity index (χ4n) is 2.76. The molecule has 9 nitrogen and oxygen atoms in total. The Morgan fingerprint density at radius 2 is 1.86 bits per heavy atom. The summed E-state index contributed by atoms with van der Waals surface area (Å²) < 4.78 is 6.11. The quantitative estimate of drug-likeness (QED) is 0.345. The minimum absolute atomic E-state index is 0.0621. The lowest BCUT2D eigenvalue weighted by Gasteiger charge is -2.10. The molecule has 0 aliphatic heterocycles. The predicted octanol–water partition coefficient (Wildman–Crippen LogP) is 4.80. The number of thiazole rings is 1. The summed E-state index contributed by atoms with van der Waals surface area (Å²) in [5.41, 5.74) is 2.17. The molecule has 0 amide bonds. The smallest absolute Gasteiger partial charge is 0.353 e. The highest BCUT2D eigenvalue weighted by Crippen LogP contribution is 2.36. The van der Waals surface area contributed by atoms with Crippen molar-refractivity contribution in [3.05, 3.63) is 64.5 Å².